The van der Waals surface area contributed by atoms with E-state index in [1.165, 1.54) is 10.6 Å². The summed E-state index contributed by atoms with van der Waals surface area (Å²) in [4.78, 5) is 12.4. The van der Waals surface area contributed by atoms with Gasteiger partial charge >= 0.3 is 0 Å². The van der Waals surface area contributed by atoms with Gasteiger partial charge in [0.15, 0.2) is 11.5 Å². The summed E-state index contributed by atoms with van der Waals surface area (Å²) in [6.45, 7) is 6.11. The highest BCUT2D eigenvalue weighted by Gasteiger charge is 2.28. The van der Waals surface area contributed by atoms with Crippen LogP contribution < -0.4 is 14.8 Å². The molecular formula is C18H28N2O5S. The van der Waals surface area contributed by atoms with E-state index in [2.05, 4.69) is 5.32 Å². The summed E-state index contributed by atoms with van der Waals surface area (Å²) < 4.78 is 35.6. The second-order valence-electron chi connectivity index (χ2n) is 6.30. The summed E-state index contributed by atoms with van der Waals surface area (Å²) in [6, 6.07) is 5.63. The molecule has 0 atom stereocenters. The first kappa shape index (κ1) is 20.5. The summed E-state index contributed by atoms with van der Waals surface area (Å²) in [5.74, 6) is 1.17. The molecule has 0 aromatic heterocycles. The molecule has 1 aliphatic heterocycles. The van der Waals surface area contributed by atoms with Gasteiger partial charge in [-0.25, -0.2) is 12.7 Å². The highest BCUT2D eigenvalue weighted by atomic mass is 32.2. The van der Waals surface area contributed by atoms with E-state index < -0.39 is 10.0 Å². The number of ether oxygens (including phenoxy) is 2. The minimum absolute atomic E-state index is 0.0370. The zero-order valence-corrected chi connectivity index (χ0v) is 16.5. The van der Waals surface area contributed by atoms with Gasteiger partial charge in [-0.3, -0.25) is 4.79 Å². The van der Waals surface area contributed by atoms with E-state index in [9.17, 15) is 13.2 Å². The van der Waals surface area contributed by atoms with Gasteiger partial charge in [0, 0.05) is 25.6 Å². The number of amides is 1. The number of hydrogen-bond acceptors (Lipinski definition) is 5. The smallest absolute Gasteiger partial charge is 0.223 e. The van der Waals surface area contributed by atoms with Crippen LogP contribution in [0.5, 0.6) is 11.5 Å². The van der Waals surface area contributed by atoms with Crippen LogP contribution in [0.25, 0.3) is 0 Å². The molecule has 26 heavy (non-hydrogen) atoms. The molecule has 1 saturated heterocycles. The van der Waals surface area contributed by atoms with Crippen molar-refractivity contribution in [1.29, 1.82) is 0 Å². The lowest BCUT2D eigenvalue weighted by Crippen LogP contribution is -2.42. The fraction of sp³-hybridized carbons (Fsp3) is 0.611. The molecule has 0 radical (unpaired) electrons. The lowest BCUT2D eigenvalue weighted by molar-refractivity contribution is -0.126. The first-order chi connectivity index (χ1) is 12.3. The molecule has 1 amide bonds. The van der Waals surface area contributed by atoms with Crippen LogP contribution in [0.4, 0.5) is 0 Å². The average Bonchev–Trinajstić information content (AvgIpc) is 2.61. The Morgan fingerprint density at radius 3 is 2.35 bits per heavy atom. The molecule has 1 aliphatic rings. The van der Waals surface area contributed by atoms with Crippen LogP contribution in [0.15, 0.2) is 18.2 Å². The van der Waals surface area contributed by atoms with Crippen molar-refractivity contribution in [3.8, 4) is 11.5 Å². The number of nitrogens with one attached hydrogen (secondary N) is 1. The first-order valence-corrected chi connectivity index (χ1v) is 10.8. The molecule has 0 unspecified atom stereocenters. The molecule has 0 saturated carbocycles. The number of nitrogens with zero attached hydrogens (tertiary/aromatic N) is 1. The van der Waals surface area contributed by atoms with Crippen molar-refractivity contribution in [2.24, 2.45) is 5.92 Å². The summed E-state index contributed by atoms with van der Waals surface area (Å²) in [5.41, 5.74) is 0.929. The molecule has 1 aromatic rings. The lowest BCUT2D eigenvalue weighted by Gasteiger charge is -2.29. The summed E-state index contributed by atoms with van der Waals surface area (Å²) >= 11 is 0. The predicted octanol–water partition coefficient (Wildman–Crippen LogP) is 1.77. The molecule has 2 rings (SSSR count). The third-order valence-corrected chi connectivity index (χ3v) is 5.67. The Kier molecular flexibility index (Phi) is 7.28. The molecule has 1 fully saturated rings. The Morgan fingerprint density at radius 1 is 1.15 bits per heavy atom. The molecule has 0 spiro atoms. The topological polar surface area (TPSA) is 84.9 Å². The van der Waals surface area contributed by atoms with Gasteiger partial charge in [-0.2, -0.15) is 0 Å². The Balaban J connectivity index is 1.90. The number of benzene rings is 1. The second kappa shape index (κ2) is 9.23. The molecular weight excluding hydrogens is 356 g/mol. The monoisotopic (exact) mass is 384 g/mol. The van der Waals surface area contributed by atoms with E-state index in [0.717, 1.165) is 5.56 Å². The molecule has 0 bridgehead atoms. The minimum Gasteiger partial charge on any atom is -0.490 e. The Hall–Kier alpha value is -1.80. The third-order valence-electron chi connectivity index (χ3n) is 4.37. The molecule has 7 nitrogen and oxygen atoms in total. The molecule has 8 heteroatoms. The van der Waals surface area contributed by atoms with Gasteiger partial charge in [0.05, 0.1) is 19.5 Å². The number of rotatable bonds is 8. The quantitative estimate of drug-likeness (QED) is 0.738. The van der Waals surface area contributed by atoms with Crippen LogP contribution in [-0.4, -0.2) is 51.2 Å². The van der Waals surface area contributed by atoms with E-state index in [4.69, 9.17) is 9.47 Å². The van der Waals surface area contributed by atoms with Gasteiger partial charge in [-0.15, -0.1) is 0 Å². The van der Waals surface area contributed by atoms with Gasteiger partial charge < -0.3 is 14.8 Å². The van der Waals surface area contributed by atoms with E-state index in [0.29, 0.717) is 57.2 Å². The number of sulfonamides is 1. The zero-order valence-electron chi connectivity index (χ0n) is 15.7. The van der Waals surface area contributed by atoms with Crippen molar-refractivity contribution in [2.45, 2.75) is 33.2 Å². The van der Waals surface area contributed by atoms with Crippen molar-refractivity contribution in [3.63, 3.8) is 0 Å². The number of hydrogen-bond donors (Lipinski definition) is 1. The molecule has 0 aliphatic carbocycles. The summed E-state index contributed by atoms with van der Waals surface area (Å²) in [7, 11) is -3.17. The fourth-order valence-corrected chi connectivity index (χ4v) is 3.86. The van der Waals surface area contributed by atoms with Crippen molar-refractivity contribution in [1.82, 2.24) is 9.62 Å². The number of carbonyl (C=O) groups is 1. The number of piperidine rings is 1. The van der Waals surface area contributed by atoms with Crippen LogP contribution in [0, 0.1) is 5.92 Å². The Bertz CT molecular complexity index is 712. The lowest BCUT2D eigenvalue weighted by atomic mass is 9.97. The summed E-state index contributed by atoms with van der Waals surface area (Å²) in [6.07, 6.45) is 2.30. The maximum Gasteiger partial charge on any atom is 0.223 e. The molecule has 1 aromatic carbocycles. The van der Waals surface area contributed by atoms with Crippen LogP contribution in [0.1, 0.15) is 32.3 Å². The van der Waals surface area contributed by atoms with Crippen molar-refractivity contribution < 1.29 is 22.7 Å². The van der Waals surface area contributed by atoms with Gasteiger partial charge in [0.1, 0.15) is 0 Å². The molecule has 1 heterocycles. The number of carbonyl (C=O) groups excluding carboxylic acids is 1. The average molecular weight is 384 g/mol. The van der Waals surface area contributed by atoms with E-state index in [1.807, 2.05) is 32.0 Å². The van der Waals surface area contributed by atoms with Crippen molar-refractivity contribution >= 4 is 15.9 Å². The van der Waals surface area contributed by atoms with Crippen LogP contribution >= 0.6 is 0 Å². The highest BCUT2D eigenvalue weighted by molar-refractivity contribution is 7.88. The SMILES string of the molecule is CCOc1ccc(CNC(=O)C2CCN(S(C)(=O)=O)CC2)cc1OCC. The normalized spacial score (nSPS) is 16.3. The standard InChI is InChI=1S/C18H28N2O5S/c1-4-24-16-7-6-14(12-17(16)25-5-2)13-19-18(21)15-8-10-20(11-9-15)26(3,22)23/h6-7,12,15H,4-5,8-11,13H2,1-3H3,(H,19,21). The predicted molar refractivity (Wildman–Crippen MR) is 99.8 cm³/mol. The maximum atomic E-state index is 12.4. The molecule has 146 valence electrons. The van der Waals surface area contributed by atoms with E-state index in [-0.39, 0.29) is 11.8 Å². The van der Waals surface area contributed by atoms with Crippen LogP contribution in [0.3, 0.4) is 0 Å². The first-order valence-electron chi connectivity index (χ1n) is 8.96. The molecule has 1 N–H and O–H groups in total. The van der Waals surface area contributed by atoms with E-state index >= 15 is 0 Å². The van der Waals surface area contributed by atoms with Crippen molar-refractivity contribution in [3.05, 3.63) is 23.8 Å². The van der Waals surface area contributed by atoms with Crippen LogP contribution in [-0.2, 0) is 21.4 Å². The minimum atomic E-state index is -3.17. The van der Waals surface area contributed by atoms with Gasteiger partial charge in [0.2, 0.25) is 15.9 Å². The third kappa shape index (κ3) is 5.60. The summed E-state index contributed by atoms with van der Waals surface area (Å²) in [5, 5.41) is 2.94. The maximum absolute atomic E-state index is 12.4. The van der Waals surface area contributed by atoms with Gasteiger partial charge in [-0.05, 0) is 44.4 Å². The Morgan fingerprint density at radius 2 is 1.77 bits per heavy atom. The fourth-order valence-electron chi connectivity index (χ4n) is 2.99. The van der Waals surface area contributed by atoms with Gasteiger partial charge in [0.25, 0.3) is 0 Å². The van der Waals surface area contributed by atoms with Crippen LogP contribution in [0.2, 0.25) is 0 Å². The Labute approximate surface area is 155 Å². The zero-order chi connectivity index (χ0) is 19.2. The highest BCUT2D eigenvalue weighted by Crippen LogP contribution is 2.28. The largest absolute Gasteiger partial charge is 0.490 e. The van der Waals surface area contributed by atoms with Crippen molar-refractivity contribution in [2.75, 3.05) is 32.6 Å². The van der Waals surface area contributed by atoms with Gasteiger partial charge in [-0.1, -0.05) is 6.07 Å². The second-order valence-corrected chi connectivity index (χ2v) is 8.28. The van der Waals surface area contributed by atoms with E-state index in [1.54, 1.807) is 0 Å².